The molecule has 0 aliphatic rings. The molecule has 0 saturated carbocycles. The molecule has 0 radical (unpaired) electrons. The average molecular weight is 346 g/mol. The number of phenolic OH excluding ortho intramolecular Hbond substituents is 1. The van der Waals surface area contributed by atoms with Crippen LogP contribution in [0.2, 0.25) is 0 Å². The minimum Gasteiger partial charge on any atom is -0.508 e. The van der Waals surface area contributed by atoms with E-state index in [1.54, 1.807) is 18.3 Å². The van der Waals surface area contributed by atoms with Crippen molar-refractivity contribution < 1.29 is 9.90 Å². The number of halogens is 2. The Morgan fingerprint density at radius 2 is 1.83 bits per heavy atom. The number of carbonyl (C=O) groups is 1. The number of hydrogen-bond donors (Lipinski definition) is 1. The highest BCUT2D eigenvalue weighted by atomic mass is 35.5. The van der Waals surface area contributed by atoms with Gasteiger partial charge in [-0.2, -0.15) is 0 Å². The Bertz CT molecular complexity index is 864. The monoisotopic (exact) mass is 345 g/mol. The molecule has 5 heteroatoms. The Balaban J connectivity index is 2.00. The van der Waals surface area contributed by atoms with Crippen LogP contribution in [0.25, 0.3) is 10.9 Å². The first-order chi connectivity index (χ1) is 11.0. The maximum atomic E-state index is 12.0. The molecule has 1 unspecified atom stereocenters. The van der Waals surface area contributed by atoms with Gasteiger partial charge in [0.25, 0.3) is 0 Å². The fourth-order valence-electron chi connectivity index (χ4n) is 2.51. The molecular formula is C18H13Cl2NO2. The molecule has 0 spiro atoms. The smallest absolute Gasteiger partial charge is 0.247 e. The Morgan fingerprint density at radius 3 is 2.52 bits per heavy atom. The lowest BCUT2D eigenvalue weighted by Crippen LogP contribution is -2.29. The van der Waals surface area contributed by atoms with Crippen molar-refractivity contribution >= 4 is 39.3 Å². The molecule has 1 N–H and O–H groups in total. The van der Waals surface area contributed by atoms with Gasteiger partial charge in [-0.3, -0.25) is 9.78 Å². The van der Waals surface area contributed by atoms with E-state index >= 15 is 0 Å². The van der Waals surface area contributed by atoms with Crippen molar-refractivity contribution in [3.63, 3.8) is 0 Å². The topological polar surface area (TPSA) is 50.2 Å². The Hall–Kier alpha value is -2.10. The third-order valence-electron chi connectivity index (χ3n) is 3.73. The number of benzene rings is 2. The summed E-state index contributed by atoms with van der Waals surface area (Å²) in [6.07, 6.45) is 1.90. The zero-order valence-electron chi connectivity index (χ0n) is 12.0. The van der Waals surface area contributed by atoms with Crippen LogP contribution in [0.3, 0.4) is 0 Å². The maximum Gasteiger partial charge on any atom is 0.247 e. The van der Waals surface area contributed by atoms with E-state index in [1.165, 1.54) is 12.1 Å². The zero-order valence-corrected chi connectivity index (χ0v) is 13.6. The van der Waals surface area contributed by atoms with Crippen molar-refractivity contribution in [1.82, 2.24) is 4.98 Å². The first-order valence-electron chi connectivity index (χ1n) is 7.01. The van der Waals surface area contributed by atoms with Crippen molar-refractivity contribution in [2.24, 2.45) is 0 Å². The van der Waals surface area contributed by atoms with Crippen LogP contribution < -0.4 is 0 Å². The van der Waals surface area contributed by atoms with Gasteiger partial charge in [0.1, 0.15) is 10.6 Å². The molecule has 0 aliphatic heterocycles. The van der Waals surface area contributed by atoms with Crippen molar-refractivity contribution in [3.8, 4) is 5.75 Å². The molecule has 116 valence electrons. The number of rotatable bonds is 4. The number of para-hydroxylation sites is 1. The first kappa shape index (κ1) is 15.8. The van der Waals surface area contributed by atoms with Crippen LogP contribution in [0.4, 0.5) is 0 Å². The van der Waals surface area contributed by atoms with Crippen molar-refractivity contribution in [2.45, 2.75) is 11.3 Å². The molecule has 2 aromatic carbocycles. The van der Waals surface area contributed by atoms with E-state index in [1.807, 2.05) is 30.3 Å². The second-order valence-corrected chi connectivity index (χ2v) is 6.32. The molecule has 1 atom stereocenters. The lowest BCUT2D eigenvalue weighted by Gasteiger charge is -2.23. The molecule has 3 rings (SSSR count). The molecule has 0 fully saturated rings. The van der Waals surface area contributed by atoms with Crippen LogP contribution >= 0.6 is 23.2 Å². The zero-order chi connectivity index (χ0) is 16.4. The molecular weight excluding hydrogens is 333 g/mol. The number of fused-ring (bicyclic) bond motifs is 1. The summed E-state index contributed by atoms with van der Waals surface area (Å²) in [4.78, 5) is 14.9. The Labute approximate surface area is 143 Å². The molecule has 0 aliphatic carbocycles. The number of hydrogen-bond acceptors (Lipinski definition) is 3. The first-order valence-corrected chi connectivity index (χ1v) is 7.77. The van der Waals surface area contributed by atoms with E-state index in [-0.39, 0.29) is 12.2 Å². The molecule has 0 saturated heterocycles. The number of aromatic nitrogens is 1. The van der Waals surface area contributed by atoms with Crippen LogP contribution in [0.15, 0.2) is 60.8 Å². The molecule has 0 amide bonds. The van der Waals surface area contributed by atoms with E-state index in [9.17, 15) is 9.90 Å². The van der Waals surface area contributed by atoms with E-state index in [0.29, 0.717) is 5.56 Å². The number of aromatic hydroxyl groups is 1. The van der Waals surface area contributed by atoms with Gasteiger partial charge in [-0.05, 0) is 47.0 Å². The normalized spacial score (nSPS) is 13.7. The molecule has 1 heterocycles. The van der Waals surface area contributed by atoms with E-state index < -0.39 is 10.1 Å². The van der Waals surface area contributed by atoms with Gasteiger partial charge in [0.15, 0.2) is 0 Å². The molecule has 23 heavy (non-hydrogen) atoms. The van der Waals surface area contributed by atoms with Crippen LogP contribution in [-0.4, -0.2) is 15.3 Å². The Kier molecular flexibility index (Phi) is 4.24. The summed E-state index contributed by atoms with van der Waals surface area (Å²) in [6, 6.07) is 15.8. The number of pyridine rings is 1. The summed E-state index contributed by atoms with van der Waals surface area (Å²) in [6.45, 7) is 0. The third-order valence-corrected chi connectivity index (χ3v) is 4.67. The van der Waals surface area contributed by atoms with Crippen LogP contribution in [0, 0.1) is 0 Å². The predicted octanol–water partition coefficient (Wildman–Crippen LogP) is 4.38. The van der Waals surface area contributed by atoms with Crippen LogP contribution in [-0.2, 0) is 16.1 Å². The summed E-state index contributed by atoms with van der Waals surface area (Å²) in [5, 5.41) is 9.70. The summed E-state index contributed by atoms with van der Waals surface area (Å²) in [5.74, 6) is 0.0992. The number of carbonyl (C=O) groups excluding carboxylic acids is 1. The number of alkyl halides is 1. The van der Waals surface area contributed by atoms with Gasteiger partial charge in [-0.15, -0.1) is 11.6 Å². The molecule has 3 aromatic rings. The highest BCUT2D eigenvalue weighted by Gasteiger charge is 2.37. The SMILES string of the molecule is O=C(Cl)C(Cl)(Cc1cnc2ccccc2c1)c1ccc(O)cc1. The summed E-state index contributed by atoms with van der Waals surface area (Å²) in [7, 11) is 0. The van der Waals surface area contributed by atoms with Gasteiger partial charge in [-0.25, -0.2) is 0 Å². The van der Waals surface area contributed by atoms with Crippen LogP contribution in [0.5, 0.6) is 5.75 Å². The predicted molar refractivity (Wildman–Crippen MR) is 91.9 cm³/mol. The minimum atomic E-state index is -1.40. The third kappa shape index (κ3) is 3.16. The second kappa shape index (κ2) is 6.19. The quantitative estimate of drug-likeness (QED) is 0.563. The highest BCUT2D eigenvalue weighted by molar-refractivity contribution is 6.70. The molecule has 1 aromatic heterocycles. The lowest BCUT2D eigenvalue weighted by molar-refractivity contribution is -0.114. The fraction of sp³-hybridized carbons (Fsp3) is 0.111. The van der Waals surface area contributed by atoms with Gasteiger partial charge in [-0.1, -0.05) is 30.3 Å². The number of phenols is 1. The van der Waals surface area contributed by atoms with Crippen LogP contribution in [0.1, 0.15) is 11.1 Å². The van der Waals surface area contributed by atoms with Crippen molar-refractivity contribution in [2.75, 3.05) is 0 Å². The fourth-order valence-corrected chi connectivity index (χ4v) is 2.96. The summed E-state index contributed by atoms with van der Waals surface area (Å²) >= 11 is 12.3. The van der Waals surface area contributed by atoms with Gasteiger partial charge >= 0.3 is 0 Å². The molecule has 3 nitrogen and oxygen atoms in total. The van der Waals surface area contributed by atoms with E-state index in [4.69, 9.17) is 23.2 Å². The van der Waals surface area contributed by atoms with E-state index in [2.05, 4.69) is 4.98 Å². The van der Waals surface area contributed by atoms with Gasteiger partial charge in [0.05, 0.1) is 5.52 Å². The average Bonchev–Trinajstić information content (AvgIpc) is 2.55. The van der Waals surface area contributed by atoms with E-state index in [0.717, 1.165) is 16.5 Å². The van der Waals surface area contributed by atoms with Crippen molar-refractivity contribution in [3.05, 3.63) is 71.9 Å². The van der Waals surface area contributed by atoms with Gasteiger partial charge in [0, 0.05) is 18.0 Å². The summed E-state index contributed by atoms with van der Waals surface area (Å²) < 4.78 is 0. The Morgan fingerprint density at radius 1 is 1.13 bits per heavy atom. The minimum absolute atomic E-state index is 0.0992. The maximum absolute atomic E-state index is 12.0. The van der Waals surface area contributed by atoms with Crippen molar-refractivity contribution in [1.29, 1.82) is 0 Å². The lowest BCUT2D eigenvalue weighted by atomic mass is 9.92. The van der Waals surface area contributed by atoms with Gasteiger partial charge < -0.3 is 5.11 Å². The molecule has 0 bridgehead atoms. The second-order valence-electron chi connectivity index (χ2n) is 5.33. The standard InChI is InChI=1S/C18H13Cl2NO2/c19-17(23)18(20,14-5-7-15(22)8-6-14)10-12-9-13-3-1-2-4-16(13)21-11-12/h1-9,11,22H,10H2. The largest absolute Gasteiger partial charge is 0.508 e. The highest BCUT2D eigenvalue weighted by Crippen LogP contribution is 2.36. The van der Waals surface area contributed by atoms with Gasteiger partial charge in [0.2, 0.25) is 5.24 Å². The summed E-state index contributed by atoms with van der Waals surface area (Å²) in [5.41, 5.74) is 2.21. The number of nitrogens with zero attached hydrogens (tertiary/aromatic N) is 1.